The molecule has 2 aromatic heterocycles. The van der Waals surface area contributed by atoms with Crippen molar-refractivity contribution in [1.82, 2.24) is 14.5 Å². The van der Waals surface area contributed by atoms with Crippen LogP contribution in [0.1, 0.15) is 30.0 Å². The van der Waals surface area contributed by atoms with Crippen LogP contribution in [0, 0.1) is 0 Å². The number of thiophene rings is 1. The summed E-state index contributed by atoms with van der Waals surface area (Å²) in [7, 11) is 3.25. The molecule has 7 nitrogen and oxygen atoms in total. The molecule has 0 saturated heterocycles. The van der Waals surface area contributed by atoms with Crippen molar-refractivity contribution in [3.8, 4) is 33.3 Å². The van der Waals surface area contributed by atoms with Crippen LogP contribution in [0.3, 0.4) is 0 Å². The van der Waals surface area contributed by atoms with Crippen LogP contribution in [0.2, 0.25) is 0 Å². The maximum absolute atomic E-state index is 13.5. The predicted molar refractivity (Wildman–Crippen MR) is 128 cm³/mol. The molecule has 3 aromatic rings. The molecule has 1 N–H and O–H groups in total. The fraction of sp³-hybridized carbons (Fsp3) is 0.391. The van der Waals surface area contributed by atoms with E-state index in [1.165, 1.54) is 0 Å². The molecule has 0 fully saturated rings. The lowest BCUT2D eigenvalue weighted by Crippen LogP contribution is -2.40. The zero-order chi connectivity index (χ0) is 22.1. The number of hydrogen-bond acceptors (Lipinski definition) is 6. The number of nitrogens with zero attached hydrogens (tertiary/aromatic N) is 3. The van der Waals surface area contributed by atoms with E-state index in [1.807, 2.05) is 48.1 Å². The summed E-state index contributed by atoms with van der Waals surface area (Å²) < 4.78 is 13.1. The summed E-state index contributed by atoms with van der Waals surface area (Å²) in [6.07, 6.45) is 0.755. The number of amides is 1. The molecule has 1 aliphatic heterocycles. The molecular weight excluding hydrogens is 450 g/mol. The zero-order valence-electron chi connectivity index (χ0n) is 18.6. The van der Waals surface area contributed by atoms with Crippen molar-refractivity contribution in [2.45, 2.75) is 32.9 Å². The topological polar surface area (TPSA) is 76.8 Å². The lowest BCUT2D eigenvalue weighted by Gasteiger charge is -2.27. The number of methoxy groups -OCH3 is 2. The third kappa shape index (κ3) is 4.10. The summed E-state index contributed by atoms with van der Waals surface area (Å²) in [4.78, 5) is 21.0. The second kappa shape index (κ2) is 9.94. The van der Waals surface area contributed by atoms with Crippen molar-refractivity contribution in [3.63, 3.8) is 0 Å². The van der Waals surface area contributed by atoms with Gasteiger partial charge in [-0.3, -0.25) is 4.79 Å². The van der Waals surface area contributed by atoms with E-state index < -0.39 is 0 Å². The Labute approximate surface area is 198 Å². The SMILES string of the molecule is COc1cc2c(cc1OC)-c1c(-c3cccs3)nc(C(=O)N(CCO)C(C)C)n1CC2.Cl. The Balaban J connectivity index is 0.00000289. The number of imidazole rings is 1. The highest BCUT2D eigenvalue weighted by molar-refractivity contribution is 7.13. The number of aliphatic hydroxyl groups is 1. The van der Waals surface area contributed by atoms with Gasteiger partial charge in [0.1, 0.15) is 5.69 Å². The molecule has 0 unspecified atom stereocenters. The van der Waals surface area contributed by atoms with Crippen molar-refractivity contribution in [3.05, 3.63) is 41.0 Å². The highest BCUT2D eigenvalue weighted by Crippen LogP contribution is 2.43. The number of fused-ring (bicyclic) bond motifs is 3. The van der Waals surface area contributed by atoms with Crippen molar-refractivity contribution >= 4 is 29.7 Å². The third-order valence-corrected chi connectivity index (χ3v) is 6.48. The van der Waals surface area contributed by atoms with Crippen LogP contribution in [0.5, 0.6) is 11.5 Å². The highest BCUT2D eigenvalue weighted by atomic mass is 35.5. The molecule has 0 radical (unpaired) electrons. The summed E-state index contributed by atoms with van der Waals surface area (Å²) in [5.41, 5.74) is 3.84. The molecule has 0 atom stereocenters. The fourth-order valence-corrected chi connectivity index (χ4v) is 4.82. The monoisotopic (exact) mass is 477 g/mol. The number of aliphatic hydroxyl groups excluding tert-OH is 1. The lowest BCUT2D eigenvalue weighted by molar-refractivity contribution is 0.0648. The molecule has 9 heteroatoms. The molecule has 4 rings (SSSR count). The smallest absolute Gasteiger partial charge is 0.290 e. The van der Waals surface area contributed by atoms with Gasteiger partial charge in [0.2, 0.25) is 0 Å². The number of aryl methyl sites for hydroxylation is 1. The summed E-state index contributed by atoms with van der Waals surface area (Å²) in [6, 6.07) is 7.94. The Bertz CT molecular complexity index is 1100. The Morgan fingerprint density at radius 1 is 1.28 bits per heavy atom. The summed E-state index contributed by atoms with van der Waals surface area (Å²) in [6.45, 7) is 4.71. The first-order valence-corrected chi connectivity index (χ1v) is 11.2. The van der Waals surface area contributed by atoms with E-state index in [2.05, 4.69) is 0 Å². The Morgan fingerprint density at radius 3 is 2.59 bits per heavy atom. The van der Waals surface area contributed by atoms with Crippen LogP contribution in [0.25, 0.3) is 21.8 Å². The van der Waals surface area contributed by atoms with Gasteiger partial charge in [-0.2, -0.15) is 0 Å². The summed E-state index contributed by atoms with van der Waals surface area (Å²) in [5.74, 6) is 1.57. The van der Waals surface area contributed by atoms with Crippen LogP contribution in [0.4, 0.5) is 0 Å². The van der Waals surface area contributed by atoms with E-state index in [9.17, 15) is 9.90 Å². The number of ether oxygens (including phenoxy) is 2. The number of benzene rings is 1. The van der Waals surface area contributed by atoms with Gasteiger partial charge in [-0.1, -0.05) is 6.07 Å². The first kappa shape index (κ1) is 24.1. The molecule has 0 saturated carbocycles. The second-order valence-electron chi connectivity index (χ2n) is 7.69. The minimum absolute atomic E-state index is 0. The first-order chi connectivity index (χ1) is 15.0. The highest BCUT2D eigenvalue weighted by Gasteiger charge is 2.32. The van der Waals surface area contributed by atoms with Crippen LogP contribution in [0.15, 0.2) is 29.6 Å². The fourth-order valence-electron chi connectivity index (χ4n) is 4.10. The number of rotatable bonds is 7. The van der Waals surface area contributed by atoms with Gasteiger partial charge in [0.15, 0.2) is 17.3 Å². The van der Waals surface area contributed by atoms with Crippen molar-refractivity contribution in [2.75, 3.05) is 27.4 Å². The molecule has 32 heavy (non-hydrogen) atoms. The molecule has 0 spiro atoms. The van der Waals surface area contributed by atoms with Crippen molar-refractivity contribution in [1.29, 1.82) is 0 Å². The van der Waals surface area contributed by atoms with Gasteiger partial charge in [0.25, 0.3) is 5.91 Å². The van der Waals surface area contributed by atoms with Gasteiger partial charge in [-0.25, -0.2) is 4.98 Å². The Kier molecular flexibility index (Phi) is 7.48. The van der Waals surface area contributed by atoms with Gasteiger partial charge in [0.05, 0.1) is 31.4 Å². The minimum atomic E-state index is -0.169. The molecule has 1 aliphatic rings. The summed E-state index contributed by atoms with van der Waals surface area (Å²) >= 11 is 1.59. The molecule has 1 aromatic carbocycles. The maximum Gasteiger partial charge on any atom is 0.290 e. The van der Waals surface area contributed by atoms with Gasteiger partial charge in [-0.05, 0) is 49.4 Å². The van der Waals surface area contributed by atoms with E-state index in [-0.39, 0.29) is 37.5 Å². The van der Waals surface area contributed by atoms with Gasteiger partial charge >= 0.3 is 0 Å². The largest absolute Gasteiger partial charge is 0.493 e. The Hall–Kier alpha value is -2.55. The van der Waals surface area contributed by atoms with Crippen molar-refractivity contribution in [2.24, 2.45) is 0 Å². The maximum atomic E-state index is 13.5. The Morgan fingerprint density at radius 2 is 2.00 bits per heavy atom. The van der Waals surface area contributed by atoms with Crippen LogP contribution < -0.4 is 9.47 Å². The predicted octanol–water partition coefficient (Wildman–Crippen LogP) is 4.12. The summed E-state index contributed by atoms with van der Waals surface area (Å²) in [5, 5.41) is 11.5. The number of carbonyl (C=O) groups is 1. The molecule has 0 aliphatic carbocycles. The second-order valence-corrected chi connectivity index (χ2v) is 8.64. The zero-order valence-corrected chi connectivity index (χ0v) is 20.3. The molecule has 0 bridgehead atoms. The average Bonchev–Trinajstić information content (AvgIpc) is 3.43. The van der Waals surface area contributed by atoms with E-state index in [0.717, 1.165) is 33.8 Å². The van der Waals surface area contributed by atoms with E-state index in [1.54, 1.807) is 30.5 Å². The quantitative estimate of drug-likeness (QED) is 0.554. The minimum Gasteiger partial charge on any atom is -0.493 e. The van der Waals surface area contributed by atoms with Gasteiger partial charge in [0, 0.05) is 24.7 Å². The number of hydrogen-bond donors (Lipinski definition) is 1. The molecule has 172 valence electrons. The standard InChI is InChI=1S/C23H27N3O4S.ClH/c1-14(2)25(9-10-27)23(28)22-24-20(19-6-5-11-31-19)21-16-13-18(30-4)17(29-3)12-15(16)7-8-26(21)22;/h5-6,11-14,27H,7-10H2,1-4H3;1H. The van der Waals surface area contributed by atoms with E-state index >= 15 is 0 Å². The van der Waals surface area contributed by atoms with Crippen LogP contribution in [-0.2, 0) is 13.0 Å². The molecule has 3 heterocycles. The number of aromatic nitrogens is 2. The van der Waals surface area contributed by atoms with Crippen LogP contribution >= 0.6 is 23.7 Å². The van der Waals surface area contributed by atoms with E-state index in [0.29, 0.717) is 23.9 Å². The molecule has 1 amide bonds. The van der Waals surface area contributed by atoms with Crippen molar-refractivity contribution < 1.29 is 19.4 Å². The van der Waals surface area contributed by atoms with Gasteiger partial charge in [-0.15, -0.1) is 23.7 Å². The average molecular weight is 478 g/mol. The van der Waals surface area contributed by atoms with E-state index in [4.69, 9.17) is 14.5 Å². The van der Waals surface area contributed by atoms with Crippen LogP contribution in [-0.4, -0.2) is 58.9 Å². The number of carbonyl (C=O) groups excluding carboxylic acids is 1. The number of halogens is 1. The molecular formula is C23H28ClN3O4S. The lowest BCUT2D eigenvalue weighted by atomic mass is 9.96. The third-order valence-electron chi connectivity index (χ3n) is 5.61. The van der Waals surface area contributed by atoms with Gasteiger partial charge < -0.3 is 24.0 Å². The normalized spacial score (nSPS) is 12.1. The first-order valence-electron chi connectivity index (χ1n) is 10.3.